The first-order valence-electron chi connectivity index (χ1n) is 6.05. The molecular weight excluding hydrogens is 188 g/mol. The van der Waals surface area contributed by atoms with Crippen LogP contribution in [0.25, 0.3) is 0 Å². The highest BCUT2D eigenvalue weighted by atomic mass is 16.5. The summed E-state index contributed by atoms with van der Waals surface area (Å²) in [6.07, 6.45) is 0. The van der Waals surface area contributed by atoms with E-state index in [1.54, 1.807) is 0 Å². The van der Waals surface area contributed by atoms with Crippen LogP contribution >= 0.6 is 0 Å². The molecule has 92 valence electrons. The molecule has 0 aromatic heterocycles. The van der Waals surface area contributed by atoms with Crippen molar-refractivity contribution in [2.45, 2.75) is 13.8 Å². The Labute approximate surface area is 95.8 Å². The van der Waals surface area contributed by atoms with Crippen LogP contribution in [0.3, 0.4) is 0 Å². The van der Waals surface area contributed by atoms with Gasteiger partial charge in [-0.3, -0.25) is 0 Å². The minimum atomic E-state index is 0.872. The molecule has 0 heterocycles. The summed E-state index contributed by atoms with van der Waals surface area (Å²) in [5, 5.41) is 0. The van der Waals surface area contributed by atoms with E-state index < -0.39 is 0 Å². The summed E-state index contributed by atoms with van der Waals surface area (Å²) in [6.45, 7) is 10.8. The Kier molecular flexibility index (Phi) is 6.41. The molecule has 0 unspecified atom stereocenters. The van der Waals surface area contributed by atoms with Crippen molar-refractivity contribution in [2.75, 3.05) is 67.6 Å². The molecule has 0 spiro atoms. The number of likely N-dealkylation sites (N-methyl/N-ethyl adjacent to an activating group) is 2. The zero-order valence-electron chi connectivity index (χ0n) is 11.5. The quantitative estimate of drug-likeness (QED) is 0.439. The number of hydrogen-bond acceptors (Lipinski definition) is 1. The Balaban J connectivity index is 3.54. The predicted molar refractivity (Wildman–Crippen MR) is 65.9 cm³/mol. The largest absolute Gasteiger partial charge is 0.370 e. The van der Waals surface area contributed by atoms with E-state index in [9.17, 15) is 0 Å². The van der Waals surface area contributed by atoms with Crippen molar-refractivity contribution in [3.8, 4) is 0 Å². The van der Waals surface area contributed by atoms with E-state index in [1.807, 2.05) is 0 Å². The summed E-state index contributed by atoms with van der Waals surface area (Å²) in [5.74, 6) is 0. The summed E-state index contributed by atoms with van der Waals surface area (Å²) in [6, 6.07) is 0. The SMILES string of the molecule is CC[N+](C)(CC)CCOCC[N+](C)(C)C. The average molecular weight is 218 g/mol. The molecule has 0 N–H and O–H groups in total. The van der Waals surface area contributed by atoms with E-state index in [4.69, 9.17) is 4.74 Å². The van der Waals surface area contributed by atoms with Gasteiger partial charge >= 0.3 is 0 Å². The minimum absolute atomic E-state index is 0.872. The summed E-state index contributed by atoms with van der Waals surface area (Å²) in [5.41, 5.74) is 0. The monoisotopic (exact) mass is 218 g/mol. The molecule has 0 fully saturated rings. The standard InChI is InChI=1S/C12H30N2O/c1-7-14(6,8-2)10-12-15-11-9-13(3,4)5/h7-12H2,1-6H3/q+2. The van der Waals surface area contributed by atoms with E-state index in [0.717, 1.165) is 35.3 Å². The van der Waals surface area contributed by atoms with Crippen LogP contribution < -0.4 is 0 Å². The van der Waals surface area contributed by atoms with E-state index in [0.29, 0.717) is 0 Å². The smallest absolute Gasteiger partial charge is 0.102 e. The molecule has 0 aromatic carbocycles. The fraction of sp³-hybridized carbons (Fsp3) is 1.00. The van der Waals surface area contributed by atoms with Crippen LogP contribution in [0.15, 0.2) is 0 Å². The van der Waals surface area contributed by atoms with Crippen LogP contribution in [-0.2, 0) is 4.74 Å². The van der Waals surface area contributed by atoms with Crippen molar-refractivity contribution in [2.24, 2.45) is 0 Å². The van der Waals surface area contributed by atoms with Crippen molar-refractivity contribution < 1.29 is 13.7 Å². The predicted octanol–water partition coefficient (Wildman–Crippen LogP) is 1.20. The molecule has 3 heteroatoms. The van der Waals surface area contributed by atoms with Crippen LogP contribution in [-0.4, -0.2) is 76.5 Å². The molecule has 0 saturated heterocycles. The van der Waals surface area contributed by atoms with Gasteiger partial charge in [0.15, 0.2) is 0 Å². The third-order valence-electron chi connectivity index (χ3n) is 3.21. The maximum Gasteiger partial charge on any atom is 0.102 e. The van der Waals surface area contributed by atoms with Gasteiger partial charge in [-0.1, -0.05) is 0 Å². The van der Waals surface area contributed by atoms with Crippen molar-refractivity contribution in [3.05, 3.63) is 0 Å². The average Bonchev–Trinajstić information content (AvgIpc) is 2.15. The van der Waals surface area contributed by atoms with Gasteiger partial charge < -0.3 is 13.7 Å². The molecule has 15 heavy (non-hydrogen) atoms. The molecule has 0 bridgehead atoms. The van der Waals surface area contributed by atoms with E-state index in [-0.39, 0.29) is 0 Å². The van der Waals surface area contributed by atoms with Gasteiger partial charge in [-0.2, -0.15) is 0 Å². The first-order valence-corrected chi connectivity index (χ1v) is 6.05. The summed E-state index contributed by atoms with van der Waals surface area (Å²) in [7, 11) is 8.88. The molecule has 0 aliphatic heterocycles. The van der Waals surface area contributed by atoms with Gasteiger partial charge in [-0.15, -0.1) is 0 Å². The second kappa shape index (κ2) is 6.46. The molecule has 0 radical (unpaired) electrons. The Morgan fingerprint density at radius 2 is 1.27 bits per heavy atom. The molecule has 0 aliphatic rings. The first kappa shape index (κ1) is 14.9. The van der Waals surface area contributed by atoms with Gasteiger partial charge in [0.2, 0.25) is 0 Å². The lowest BCUT2D eigenvalue weighted by atomic mass is 10.4. The number of quaternary nitrogens is 2. The molecule has 0 rings (SSSR count). The third kappa shape index (κ3) is 7.77. The lowest BCUT2D eigenvalue weighted by molar-refractivity contribution is -0.906. The Morgan fingerprint density at radius 3 is 1.67 bits per heavy atom. The second-order valence-electron chi connectivity index (χ2n) is 5.60. The van der Waals surface area contributed by atoms with Crippen molar-refractivity contribution in [1.82, 2.24) is 0 Å². The van der Waals surface area contributed by atoms with Gasteiger partial charge in [-0.25, -0.2) is 0 Å². The maximum atomic E-state index is 5.68. The molecule has 0 aliphatic carbocycles. The minimum Gasteiger partial charge on any atom is -0.370 e. The van der Waals surface area contributed by atoms with E-state index in [2.05, 4.69) is 42.0 Å². The van der Waals surface area contributed by atoms with Gasteiger partial charge in [0, 0.05) is 0 Å². The highest BCUT2D eigenvalue weighted by Gasteiger charge is 2.15. The zero-order chi connectivity index (χ0) is 11.9. The fourth-order valence-electron chi connectivity index (χ4n) is 1.27. The van der Waals surface area contributed by atoms with Crippen molar-refractivity contribution >= 4 is 0 Å². The summed E-state index contributed by atoms with van der Waals surface area (Å²) in [4.78, 5) is 0. The Morgan fingerprint density at radius 1 is 0.800 bits per heavy atom. The lowest BCUT2D eigenvalue weighted by Crippen LogP contribution is -2.46. The first-order chi connectivity index (χ1) is 6.83. The number of ether oxygens (including phenoxy) is 1. The molecule has 0 amide bonds. The van der Waals surface area contributed by atoms with Crippen LogP contribution in [0.2, 0.25) is 0 Å². The highest BCUT2D eigenvalue weighted by Crippen LogP contribution is 2.00. The van der Waals surface area contributed by atoms with E-state index in [1.165, 1.54) is 13.1 Å². The van der Waals surface area contributed by atoms with Crippen LogP contribution in [0.1, 0.15) is 13.8 Å². The molecular formula is C12H30N2O+2. The van der Waals surface area contributed by atoms with Gasteiger partial charge in [0.05, 0.1) is 54.5 Å². The third-order valence-corrected chi connectivity index (χ3v) is 3.21. The number of nitrogens with zero attached hydrogens (tertiary/aromatic N) is 2. The molecule has 0 aromatic rings. The maximum absolute atomic E-state index is 5.68. The Hall–Kier alpha value is -0.120. The van der Waals surface area contributed by atoms with Crippen LogP contribution in [0, 0.1) is 0 Å². The molecule has 0 saturated carbocycles. The molecule has 0 atom stereocenters. The topological polar surface area (TPSA) is 9.23 Å². The van der Waals surface area contributed by atoms with Crippen LogP contribution in [0.4, 0.5) is 0 Å². The second-order valence-corrected chi connectivity index (χ2v) is 5.60. The zero-order valence-corrected chi connectivity index (χ0v) is 11.5. The number of hydrogen-bond donors (Lipinski definition) is 0. The number of rotatable bonds is 8. The summed E-state index contributed by atoms with van der Waals surface area (Å²) < 4.78 is 7.77. The van der Waals surface area contributed by atoms with Gasteiger partial charge in [-0.05, 0) is 13.8 Å². The van der Waals surface area contributed by atoms with Crippen LogP contribution in [0.5, 0.6) is 0 Å². The van der Waals surface area contributed by atoms with Gasteiger partial charge in [0.25, 0.3) is 0 Å². The summed E-state index contributed by atoms with van der Waals surface area (Å²) >= 11 is 0. The van der Waals surface area contributed by atoms with Crippen molar-refractivity contribution in [1.29, 1.82) is 0 Å². The fourth-order valence-corrected chi connectivity index (χ4v) is 1.27. The Bertz CT molecular complexity index is 159. The lowest BCUT2D eigenvalue weighted by Gasteiger charge is -2.32. The molecule has 3 nitrogen and oxygen atoms in total. The highest BCUT2D eigenvalue weighted by molar-refractivity contribution is 4.35. The van der Waals surface area contributed by atoms with Gasteiger partial charge in [0.1, 0.15) is 13.1 Å². The van der Waals surface area contributed by atoms with E-state index >= 15 is 0 Å². The normalized spacial score (nSPS) is 13.2. The van der Waals surface area contributed by atoms with Crippen molar-refractivity contribution in [3.63, 3.8) is 0 Å².